The van der Waals surface area contributed by atoms with Gasteiger partial charge in [-0.05, 0) is 59.4 Å². The predicted octanol–water partition coefficient (Wildman–Crippen LogP) is 4.01. The molecule has 4 saturated heterocycles. The third kappa shape index (κ3) is 3.88. The van der Waals surface area contributed by atoms with Gasteiger partial charge >= 0.3 is 0 Å². The highest BCUT2D eigenvalue weighted by atomic mass is 16.2. The molecule has 4 aromatic carbocycles. The number of para-hydroxylation sites is 4. The smallest absolute Gasteiger partial charge is 0.247 e. The molecule has 56 heavy (non-hydrogen) atoms. The molecule has 1 unspecified atom stereocenters. The highest BCUT2D eigenvalue weighted by molar-refractivity contribution is 6.02. The van der Waals surface area contributed by atoms with Crippen LogP contribution in [0.4, 0.5) is 11.4 Å². The van der Waals surface area contributed by atoms with Gasteiger partial charge in [-0.25, -0.2) is 0 Å². The number of hydrogen-bond donors (Lipinski definition) is 6. The molecule has 6 aliphatic rings. The van der Waals surface area contributed by atoms with Crippen LogP contribution in [-0.4, -0.2) is 79.9 Å². The van der Waals surface area contributed by atoms with Crippen LogP contribution in [0.1, 0.15) is 35.1 Å². The molecular weight excluding hydrogens is 705 g/mol. The summed E-state index contributed by atoms with van der Waals surface area (Å²) in [4.78, 5) is 69.0. The van der Waals surface area contributed by atoms with Gasteiger partial charge in [0.15, 0.2) is 0 Å². The minimum atomic E-state index is -0.897. The molecule has 12 nitrogen and oxygen atoms in total. The topological polar surface area (TPSA) is 154 Å². The molecule has 12 rings (SSSR count). The van der Waals surface area contributed by atoms with Crippen molar-refractivity contribution >= 4 is 56.8 Å². The normalized spacial score (nSPS) is 30.9. The lowest BCUT2D eigenvalue weighted by Gasteiger charge is -2.48. The molecule has 4 amide bonds. The minimum Gasteiger partial charge on any atom is -0.364 e. The fraction of sp³-hybridized carbons (Fsp3) is 0.273. The number of H-pyrrole nitrogens is 2. The molecular formula is C44H38N8O4. The number of rotatable bonds is 5. The van der Waals surface area contributed by atoms with E-state index in [0.717, 1.165) is 55.4 Å². The van der Waals surface area contributed by atoms with Crippen molar-refractivity contribution in [3.05, 3.63) is 132 Å². The lowest BCUT2D eigenvalue weighted by Crippen LogP contribution is -2.67. The Labute approximate surface area is 321 Å². The zero-order valence-corrected chi connectivity index (χ0v) is 30.2. The fourth-order valence-corrected chi connectivity index (χ4v) is 11.7. The third-order valence-electron chi connectivity index (χ3n) is 13.9. The second kappa shape index (κ2) is 11.0. The Morgan fingerprint density at radius 3 is 1.39 bits per heavy atom. The largest absolute Gasteiger partial charge is 0.364 e. The lowest BCUT2D eigenvalue weighted by molar-refractivity contribution is -0.149. The molecule has 0 saturated carbocycles. The van der Waals surface area contributed by atoms with Crippen molar-refractivity contribution in [2.45, 2.75) is 73.0 Å². The molecule has 4 fully saturated rings. The van der Waals surface area contributed by atoms with E-state index in [9.17, 15) is 19.2 Å². The second-order valence-corrected chi connectivity index (χ2v) is 16.3. The minimum absolute atomic E-state index is 0.150. The van der Waals surface area contributed by atoms with Gasteiger partial charge in [0.25, 0.3) is 0 Å². The van der Waals surface area contributed by atoms with E-state index < -0.39 is 47.3 Å². The van der Waals surface area contributed by atoms with Crippen molar-refractivity contribution in [2.24, 2.45) is 0 Å². The Kier molecular flexibility index (Phi) is 6.25. The first-order chi connectivity index (χ1) is 27.4. The quantitative estimate of drug-likeness (QED) is 0.157. The Hall–Kier alpha value is -6.56. The van der Waals surface area contributed by atoms with E-state index in [2.05, 4.69) is 43.4 Å². The summed E-state index contributed by atoms with van der Waals surface area (Å²) in [6.45, 7) is 0. The van der Waals surface area contributed by atoms with Crippen LogP contribution < -0.4 is 21.3 Å². The molecule has 8 atom stereocenters. The van der Waals surface area contributed by atoms with Gasteiger partial charge < -0.3 is 41.0 Å². The number of carbonyl (C=O) groups is 4. The Balaban J connectivity index is 0.984. The molecule has 8 heterocycles. The van der Waals surface area contributed by atoms with Gasteiger partial charge in [-0.15, -0.1) is 0 Å². The van der Waals surface area contributed by atoms with Crippen LogP contribution in [-0.2, 0) is 42.8 Å². The molecule has 12 heteroatoms. The van der Waals surface area contributed by atoms with Gasteiger partial charge in [0.2, 0.25) is 23.6 Å². The van der Waals surface area contributed by atoms with Gasteiger partial charge in [0, 0.05) is 58.4 Å². The summed E-state index contributed by atoms with van der Waals surface area (Å²) in [7, 11) is 0. The van der Waals surface area contributed by atoms with Crippen molar-refractivity contribution in [2.75, 3.05) is 10.6 Å². The number of nitrogens with one attached hydrogen (secondary N) is 6. The van der Waals surface area contributed by atoms with Crippen molar-refractivity contribution < 1.29 is 19.2 Å². The summed E-state index contributed by atoms with van der Waals surface area (Å²) < 4.78 is 0. The van der Waals surface area contributed by atoms with E-state index in [4.69, 9.17) is 0 Å². The fourth-order valence-electron chi connectivity index (χ4n) is 11.7. The number of aromatic nitrogens is 2. The van der Waals surface area contributed by atoms with E-state index in [1.54, 1.807) is 9.80 Å². The number of carbonyl (C=O) groups excluding carboxylic acids is 4. The van der Waals surface area contributed by atoms with Crippen LogP contribution >= 0.6 is 0 Å². The zero-order chi connectivity index (χ0) is 37.5. The maximum Gasteiger partial charge on any atom is 0.247 e. The SMILES string of the molecule is O=C1N[C@@H](Cc2c[nH]c3ccccc23)C(=O)N2[C@H]1CC1([C@@]34C[C@H]5C(=O)N[C@@H](Cc6c[nH]c7ccccc67)C(=O)N5[C@@H]3Nc3ccccc34)c3ccccc3N[C@@H]21. The number of amides is 4. The lowest BCUT2D eigenvalue weighted by atomic mass is 9.54. The maximum atomic E-state index is 15.0. The van der Waals surface area contributed by atoms with E-state index in [1.165, 1.54) is 0 Å². The zero-order valence-electron chi connectivity index (χ0n) is 30.2. The molecule has 278 valence electrons. The molecule has 6 N–H and O–H groups in total. The van der Waals surface area contributed by atoms with Crippen molar-refractivity contribution in [1.29, 1.82) is 0 Å². The van der Waals surface area contributed by atoms with E-state index in [1.807, 2.05) is 97.3 Å². The van der Waals surface area contributed by atoms with Crippen molar-refractivity contribution in [3.8, 4) is 0 Å². The molecule has 0 aliphatic carbocycles. The van der Waals surface area contributed by atoms with Gasteiger partial charge in [-0.3, -0.25) is 19.2 Å². The van der Waals surface area contributed by atoms with Crippen molar-refractivity contribution in [1.82, 2.24) is 30.4 Å². The number of aromatic amines is 2. The molecule has 0 radical (unpaired) electrons. The number of fused-ring (bicyclic) bond motifs is 13. The van der Waals surface area contributed by atoms with Crippen LogP contribution in [0.2, 0.25) is 0 Å². The molecule has 0 spiro atoms. The van der Waals surface area contributed by atoms with Crippen LogP contribution in [0.3, 0.4) is 0 Å². The van der Waals surface area contributed by atoms with Gasteiger partial charge in [0.05, 0.1) is 10.8 Å². The molecule has 0 bridgehead atoms. The molecule has 2 aromatic heterocycles. The maximum absolute atomic E-state index is 15.0. The van der Waals surface area contributed by atoms with Gasteiger partial charge in [0.1, 0.15) is 36.5 Å². The second-order valence-electron chi connectivity index (χ2n) is 16.3. The van der Waals surface area contributed by atoms with Crippen LogP contribution in [0.25, 0.3) is 21.8 Å². The van der Waals surface area contributed by atoms with E-state index in [-0.39, 0.29) is 23.6 Å². The van der Waals surface area contributed by atoms with Gasteiger partial charge in [-0.1, -0.05) is 72.8 Å². The summed E-state index contributed by atoms with van der Waals surface area (Å²) in [5.74, 6) is -0.693. The highest BCUT2D eigenvalue weighted by Crippen LogP contribution is 2.68. The summed E-state index contributed by atoms with van der Waals surface area (Å²) in [6, 6.07) is 29.1. The first kappa shape index (κ1) is 31.8. The van der Waals surface area contributed by atoms with E-state index in [0.29, 0.717) is 25.7 Å². The summed E-state index contributed by atoms with van der Waals surface area (Å²) in [5, 5.41) is 15.8. The van der Waals surface area contributed by atoms with Crippen LogP contribution in [0.5, 0.6) is 0 Å². The third-order valence-corrected chi connectivity index (χ3v) is 13.9. The van der Waals surface area contributed by atoms with E-state index >= 15 is 0 Å². The number of benzene rings is 4. The molecule has 6 aliphatic heterocycles. The summed E-state index contributed by atoms with van der Waals surface area (Å²) in [6.07, 6.45) is 3.91. The number of anilines is 2. The van der Waals surface area contributed by atoms with Crippen LogP contribution in [0.15, 0.2) is 109 Å². The number of nitrogens with zero attached hydrogens (tertiary/aromatic N) is 2. The monoisotopic (exact) mass is 742 g/mol. The summed E-state index contributed by atoms with van der Waals surface area (Å²) >= 11 is 0. The summed E-state index contributed by atoms with van der Waals surface area (Å²) in [5.41, 5.74) is 5.81. The standard InChI is InChI=1S/C44H38N8O4/c53-37-35-19-43(27-11-3-7-15-31(27)49-41(43)51(35)39(55)33(47-37)17-23-21-45-29-13-5-1-9-25(23)29)44-20-36-38(54)48-34(18-24-22-46-30-14-6-2-10-26(24)30)40(56)52(36)42(44)50-32-16-8-4-12-28(32)44/h1-16,21-22,33-36,41-42,45-46,49-50H,17-20H2,(H,47,53)(H,48,54)/t33-,34-,35-,36-,41-,42-,43+,44?/m0/s1. The van der Waals surface area contributed by atoms with Gasteiger partial charge in [-0.2, -0.15) is 0 Å². The average Bonchev–Trinajstić information content (AvgIpc) is 4.05. The number of piperazine rings is 2. The Morgan fingerprint density at radius 1 is 0.518 bits per heavy atom. The first-order valence-corrected chi connectivity index (χ1v) is 19.4. The van der Waals surface area contributed by atoms with Crippen molar-refractivity contribution in [3.63, 3.8) is 0 Å². The molecule has 6 aromatic rings. The Bertz CT molecular complexity index is 2520. The predicted molar refractivity (Wildman–Crippen MR) is 209 cm³/mol. The average molecular weight is 743 g/mol. The van der Waals surface area contributed by atoms with Crippen LogP contribution in [0, 0.1) is 0 Å². The first-order valence-electron chi connectivity index (χ1n) is 19.4. The Morgan fingerprint density at radius 2 is 0.929 bits per heavy atom. The highest BCUT2D eigenvalue weighted by Gasteiger charge is 2.78. The number of hydrogen-bond acceptors (Lipinski definition) is 6.